The first-order valence-corrected chi connectivity index (χ1v) is 9.87. The molecule has 0 aromatic heterocycles. The molecule has 4 aliphatic rings. The number of rotatable bonds is 2. The Balaban J connectivity index is 1.69. The lowest BCUT2D eigenvalue weighted by atomic mass is 9.46. The van der Waals surface area contributed by atoms with E-state index in [0.29, 0.717) is 24.7 Å². The Morgan fingerprint density at radius 1 is 1.20 bits per heavy atom. The van der Waals surface area contributed by atoms with Gasteiger partial charge in [0.25, 0.3) is 0 Å². The molecule has 4 aliphatic carbocycles. The van der Waals surface area contributed by atoms with E-state index in [1.54, 1.807) is 0 Å². The fraction of sp³-hybridized carbons (Fsp3) is 0.810. The molecular weight excluding hydrogens is 316 g/mol. The largest absolute Gasteiger partial charge is 0.392 e. The first kappa shape index (κ1) is 17.4. The third-order valence-electron chi connectivity index (χ3n) is 8.53. The summed E-state index contributed by atoms with van der Waals surface area (Å²) in [5, 5.41) is 20.4. The van der Waals surface area contributed by atoms with Crippen molar-refractivity contribution in [3.8, 4) is 0 Å². The Morgan fingerprint density at radius 2 is 1.96 bits per heavy atom. The Kier molecular flexibility index (Phi) is 4.01. The van der Waals surface area contributed by atoms with Crippen molar-refractivity contribution in [1.29, 1.82) is 0 Å². The number of hydrogen-bond acceptors (Lipinski definition) is 4. The summed E-state index contributed by atoms with van der Waals surface area (Å²) in [6, 6.07) is 0. The number of carbonyl (C=O) groups is 2. The standard InChI is InChI=1S/C21H30O4/c1-20-7-5-13(23)9-12(20)10-17(24)19-15-4-3-14(18(25)11-22)21(15,2)8-6-16(19)20/h9,14-17,19,22,24H,3-8,10-11H2,1-2H3/t14-,15+,16+,17?,19+,20+,21-/m1/s1. The maximum absolute atomic E-state index is 12.3. The van der Waals surface area contributed by atoms with Gasteiger partial charge in [0.05, 0.1) is 6.10 Å². The Hall–Kier alpha value is -1.00. The molecule has 0 aromatic rings. The lowest BCUT2D eigenvalue weighted by Gasteiger charge is -2.59. The van der Waals surface area contributed by atoms with Gasteiger partial charge in [-0.15, -0.1) is 0 Å². The topological polar surface area (TPSA) is 74.6 Å². The highest BCUT2D eigenvalue weighted by atomic mass is 16.3. The molecule has 0 aromatic carbocycles. The molecule has 0 amide bonds. The molecular formula is C21H30O4. The zero-order valence-corrected chi connectivity index (χ0v) is 15.3. The molecule has 0 bridgehead atoms. The fourth-order valence-electron chi connectivity index (χ4n) is 7.17. The molecule has 3 fully saturated rings. The van der Waals surface area contributed by atoms with Crippen LogP contribution in [0.3, 0.4) is 0 Å². The molecule has 0 aliphatic heterocycles. The minimum absolute atomic E-state index is 0.0243. The van der Waals surface area contributed by atoms with Crippen LogP contribution in [0.2, 0.25) is 0 Å². The van der Waals surface area contributed by atoms with Crippen molar-refractivity contribution >= 4 is 11.6 Å². The van der Waals surface area contributed by atoms with Crippen molar-refractivity contribution in [2.75, 3.05) is 6.61 Å². The lowest BCUT2D eigenvalue weighted by Crippen LogP contribution is -2.55. The number of carbonyl (C=O) groups excluding carboxylic acids is 2. The van der Waals surface area contributed by atoms with Gasteiger partial charge in [-0.1, -0.05) is 19.4 Å². The zero-order chi connectivity index (χ0) is 18.0. The van der Waals surface area contributed by atoms with E-state index in [1.807, 2.05) is 6.08 Å². The summed E-state index contributed by atoms with van der Waals surface area (Å²) < 4.78 is 0. The van der Waals surface area contributed by atoms with Gasteiger partial charge in [-0.2, -0.15) is 0 Å². The van der Waals surface area contributed by atoms with Crippen LogP contribution in [0.1, 0.15) is 58.8 Å². The number of fused-ring (bicyclic) bond motifs is 5. The zero-order valence-electron chi connectivity index (χ0n) is 15.3. The van der Waals surface area contributed by atoms with E-state index in [9.17, 15) is 19.8 Å². The van der Waals surface area contributed by atoms with Crippen molar-refractivity contribution in [3.63, 3.8) is 0 Å². The van der Waals surface area contributed by atoms with Gasteiger partial charge in [0.15, 0.2) is 11.6 Å². The monoisotopic (exact) mass is 346 g/mol. The highest BCUT2D eigenvalue weighted by Gasteiger charge is 2.62. The summed E-state index contributed by atoms with van der Waals surface area (Å²) in [5.74, 6) is 1.07. The quantitative estimate of drug-likeness (QED) is 0.806. The van der Waals surface area contributed by atoms with Gasteiger partial charge >= 0.3 is 0 Å². The molecule has 138 valence electrons. The van der Waals surface area contributed by atoms with Gasteiger partial charge < -0.3 is 10.2 Å². The summed E-state index contributed by atoms with van der Waals surface area (Å²) in [7, 11) is 0. The molecule has 2 N–H and O–H groups in total. The van der Waals surface area contributed by atoms with Crippen molar-refractivity contribution in [2.45, 2.75) is 64.9 Å². The molecule has 4 nitrogen and oxygen atoms in total. The second-order valence-corrected chi connectivity index (χ2v) is 9.41. The minimum atomic E-state index is -0.414. The first-order chi connectivity index (χ1) is 11.8. The van der Waals surface area contributed by atoms with Gasteiger partial charge in [-0.05, 0) is 73.2 Å². The average Bonchev–Trinajstić information content (AvgIpc) is 2.93. The second kappa shape index (κ2) is 5.75. The van der Waals surface area contributed by atoms with Crippen LogP contribution in [-0.2, 0) is 9.59 Å². The van der Waals surface area contributed by atoms with Gasteiger partial charge in [-0.3, -0.25) is 9.59 Å². The molecule has 1 unspecified atom stereocenters. The van der Waals surface area contributed by atoms with Gasteiger partial charge in [0, 0.05) is 12.3 Å². The van der Waals surface area contributed by atoms with Crippen LogP contribution in [0, 0.1) is 34.5 Å². The number of hydrogen-bond donors (Lipinski definition) is 2. The summed E-state index contributed by atoms with van der Waals surface area (Å²) >= 11 is 0. The summed E-state index contributed by atoms with van der Waals surface area (Å²) in [6.07, 6.45) is 7.32. The molecule has 3 saturated carbocycles. The Bertz CT molecular complexity index is 638. The van der Waals surface area contributed by atoms with E-state index in [2.05, 4.69) is 13.8 Å². The first-order valence-electron chi connectivity index (χ1n) is 9.87. The third-order valence-corrected chi connectivity index (χ3v) is 8.53. The SMILES string of the molecule is C[C@]12CC[C@H]3[C@@H](C(O)CC4=CC(=O)CC[C@@]43C)[C@@H]1CC[C@@H]2C(=O)CO. The van der Waals surface area contributed by atoms with Crippen molar-refractivity contribution in [1.82, 2.24) is 0 Å². The van der Waals surface area contributed by atoms with Crippen LogP contribution in [0.25, 0.3) is 0 Å². The van der Waals surface area contributed by atoms with Crippen LogP contribution in [0.4, 0.5) is 0 Å². The van der Waals surface area contributed by atoms with Crippen LogP contribution in [0.15, 0.2) is 11.6 Å². The van der Waals surface area contributed by atoms with E-state index in [0.717, 1.165) is 37.7 Å². The predicted octanol–water partition coefficient (Wildman–Crippen LogP) is 2.67. The van der Waals surface area contributed by atoms with Gasteiger partial charge in [0.1, 0.15) is 6.61 Å². The van der Waals surface area contributed by atoms with Crippen molar-refractivity contribution in [3.05, 3.63) is 11.6 Å². The van der Waals surface area contributed by atoms with E-state index >= 15 is 0 Å². The average molecular weight is 346 g/mol. The Labute approximate surface area is 149 Å². The summed E-state index contributed by atoms with van der Waals surface area (Å²) in [4.78, 5) is 24.2. The van der Waals surface area contributed by atoms with Crippen LogP contribution >= 0.6 is 0 Å². The molecule has 0 radical (unpaired) electrons. The van der Waals surface area contributed by atoms with E-state index < -0.39 is 6.10 Å². The molecule has 0 heterocycles. The number of ketones is 2. The molecule has 7 atom stereocenters. The van der Waals surface area contributed by atoms with Crippen molar-refractivity contribution < 1.29 is 19.8 Å². The maximum Gasteiger partial charge on any atom is 0.161 e. The summed E-state index contributed by atoms with van der Waals surface area (Å²) in [5.41, 5.74) is 1.09. The predicted molar refractivity (Wildman–Crippen MR) is 93.7 cm³/mol. The fourth-order valence-corrected chi connectivity index (χ4v) is 7.17. The number of Topliss-reactive ketones (excluding diaryl/α,β-unsaturated/α-hetero) is 1. The molecule has 0 spiro atoms. The van der Waals surface area contributed by atoms with Crippen LogP contribution < -0.4 is 0 Å². The highest BCUT2D eigenvalue weighted by Crippen LogP contribution is 2.66. The van der Waals surface area contributed by atoms with E-state index in [4.69, 9.17) is 0 Å². The Morgan fingerprint density at radius 3 is 2.68 bits per heavy atom. The summed E-state index contributed by atoms with van der Waals surface area (Å²) in [6.45, 7) is 4.14. The normalized spacial score (nSPS) is 49.0. The maximum atomic E-state index is 12.3. The van der Waals surface area contributed by atoms with Gasteiger partial charge in [0.2, 0.25) is 0 Å². The van der Waals surface area contributed by atoms with E-state index in [-0.39, 0.29) is 40.8 Å². The second-order valence-electron chi connectivity index (χ2n) is 9.41. The van der Waals surface area contributed by atoms with Crippen LogP contribution in [0.5, 0.6) is 0 Å². The van der Waals surface area contributed by atoms with Crippen LogP contribution in [-0.4, -0.2) is 34.5 Å². The molecule has 4 heteroatoms. The molecule has 0 saturated heterocycles. The van der Waals surface area contributed by atoms with Crippen molar-refractivity contribution in [2.24, 2.45) is 34.5 Å². The molecule has 4 rings (SSSR count). The lowest BCUT2D eigenvalue weighted by molar-refractivity contribution is -0.139. The van der Waals surface area contributed by atoms with E-state index in [1.165, 1.54) is 0 Å². The smallest absolute Gasteiger partial charge is 0.161 e. The third kappa shape index (κ3) is 2.33. The van der Waals surface area contributed by atoms with Gasteiger partial charge in [-0.25, -0.2) is 0 Å². The number of aliphatic hydroxyl groups excluding tert-OH is 2. The molecule has 25 heavy (non-hydrogen) atoms. The minimum Gasteiger partial charge on any atom is -0.392 e. The number of aliphatic hydroxyl groups is 2. The highest BCUT2D eigenvalue weighted by molar-refractivity contribution is 5.91.